The van der Waals surface area contributed by atoms with Crippen molar-refractivity contribution in [3.05, 3.63) is 64.7 Å². The Hall–Kier alpha value is -2.58. The summed E-state index contributed by atoms with van der Waals surface area (Å²) in [6.45, 7) is 5.57. The minimum atomic E-state index is -3.74. The lowest BCUT2D eigenvalue weighted by Gasteiger charge is -2.33. The second-order valence-electron chi connectivity index (χ2n) is 7.54. The molecule has 1 atom stereocenters. The van der Waals surface area contributed by atoms with Crippen LogP contribution >= 0.6 is 11.6 Å². The smallest absolute Gasteiger partial charge is 0.244 e. The number of sulfonamides is 1. The molecule has 174 valence electrons. The van der Waals surface area contributed by atoms with Crippen molar-refractivity contribution in [1.29, 1.82) is 0 Å². The van der Waals surface area contributed by atoms with Gasteiger partial charge in [0.1, 0.15) is 12.6 Å². The predicted octanol–water partition coefficient (Wildman–Crippen LogP) is 3.36. The summed E-state index contributed by atoms with van der Waals surface area (Å²) in [7, 11) is -3.74. The number of amides is 2. The van der Waals surface area contributed by atoms with Gasteiger partial charge in [-0.05, 0) is 44.0 Å². The first-order valence-corrected chi connectivity index (χ1v) is 12.7. The van der Waals surface area contributed by atoms with Gasteiger partial charge in [0.25, 0.3) is 0 Å². The van der Waals surface area contributed by atoms with E-state index < -0.39 is 28.5 Å². The number of halogens is 1. The zero-order chi connectivity index (χ0) is 23.9. The fourth-order valence-electron chi connectivity index (χ4n) is 3.35. The zero-order valence-corrected chi connectivity index (χ0v) is 20.4. The average Bonchev–Trinajstić information content (AvgIpc) is 2.73. The molecule has 0 fully saturated rings. The van der Waals surface area contributed by atoms with Gasteiger partial charge in [-0.2, -0.15) is 0 Å². The predicted molar refractivity (Wildman–Crippen MR) is 128 cm³/mol. The number of hydrogen-bond donors (Lipinski definition) is 1. The number of nitrogens with zero attached hydrogens (tertiary/aromatic N) is 2. The Bertz CT molecular complexity index is 1040. The van der Waals surface area contributed by atoms with E-state index in [9.17, 15) is 18.0 Å². The average molecular weight is 480 g/mol. The molecule has 0 bridgehead atoms. The Balaban J connectivity index is 2.43. The van der Waals surface area contributed by atoms with E-state index in [0.29, 0.717) is 29.2 Å². The molecule has 9 heteroatoms. The molecule has 2 rings (SSSR count). The van der Waals surface area contributed by atoms with E-state index in [1.807, 2.05) is 6.92 Å². The SMILES string of the molecule is CCNC(=O)[C@@H](CC)N(Cc1ccccc1Cl)C(=O)CN(c1ccc(C)cc1)S(C)(=O)=O. The fourth-order valence-corrected chi connectivity index (χ4v) is 4.39. The van der Waals surface area contributed by atoms with Gasteiger partial charge in [-0.3, -0.25) is 13.9 Å². The third-order valence-corrected chi connectivity index (χ3v) is 6.55. The van der Waals surface area contributed by atoms with Gasteiger partial charge in [-0.25, -0.2) is 8.42 Å². The van der Waals surface area contributed by atoms with E-state index >= 15 is 0 Å². The molecule has 0 saturated heterocycles. The van der Waals surface area contributed by atoms with Gasteiger partial charge >= 0.3 is 0 Å². The molecule has 0 radical (unpaired) electrons. The van der Waals surface area contributed by atoms with Crippen LogP contribution in [0.25, 0.3) is 0 Å². The van der Waals surface area contributed by atoms with Crippen LogP contribution in [0.1, 0.15) is 31.4 Å². The van der Waals surface area contributed by atoms with Gasteiger partial charge in [0.15, 0.2) is 0 Å². The zero-order valence-electron chi connectivity index (χ0n) is 18.8. The Labute approximate surface area is 195 Å². The van der Waals surface area contributed by atoms with E-state index in [2.05, 4.69) is 5.32 Å². The Morgan fingerprint density at radius 3 is 2.22 bits per heavy atom. The second-order valence-corrected chi connectivity index (χ2v) is 9.85. The van der Waals surface area contributed by atoms with Crippen LogP contribution in [-0.2, 0) is 26.2 Å². The number of aryl methyl sites for hydroxylation is 1. The van der Waals surface area contributed by atoms with Crippen LogP contribution in [0.15, 0.2) is 48.5 Å². The molecular weight excluding hydrogens is 450 g/mol. The van der Waals surface area contributed by atoms with Crippen LogP contribution < -0.4 is 9.62 Å². The highest BCUT2D eigenvalue weighted by Crippen LogP contribution is 2.22. The number of rotatable bonds is 10. The monoisotopic (exact) mass is 479 g/mol. The van der Waals surface area contributed by atoms with E-state index in [1.165, 1.54) is 4.90 Å². The van der Waals surface area contributed by atoms with Crippen molar-refractivity contribution in [2.45, 2.75) is 39.8 Å². The maximum Gasteiger partial charge on any atom is 0.244 e. The topological polar surface area (TPSA) is 86.8 Å². The molecule has 2 amide bonds. The number of carbonyl (C=O) groups is 2. The molecule has 0 unspecified atom stereocenters. The molecular formula is C23H30ClN3O4S. The van der Waals surface area contributed by atoms with Gasteiger partial charge in [0, 0.05) is 18.1 Å². The van der Waals surface area contributed by atoms with Crippen LogP contribution in [0.2, 0.25) is 5.02 Å². The largest absolute Gasteiger partial charge is 0.355 e. The third kappa shape index (κ3) is 6.71. The summed E-state index contributed by atoms with van der Waals surface area (Å²) >= 11 is 6.31. The molecule has 0 spiro atoms. The van der Waals surface area contributed by atoms with Crippen LogP contribution in [-0.4, -0.2) is 50.5 Å². The van der Waals surface area contributed by atoms with Crippen molar-refractivity contribution in [2.75, 3.05) is 23.7 Å². The fraction of sp³-hybridized carbons (Fsp3) is 0.391. The molecule has 0 aliphatic heterocycles. The molecule has 0 aliphatic carbocycles. The van der Waals surface area contributed by atoms with Crippen LogP contribution in [0.3, 0.4) is 0 Å². The highest BCUT2D eigenvalue weighted by atomic mass is 35.5. The van der Waals surface area contributed by atoms with Gasteiger partial charge in [0.2, 0.25) is 21.8 Å². The van der Waals surface area contributed by atoms with Crippen LogP contribution in [0.5, 0.6) is 0 Å². The summed E-state index contributed by atoms with van der Waals surface area (Å²) in [6, 6.07) is 13.2. The highest BCUT2D eigenvalue weighted by molar-refractivity contribution is 7.92. The van der Waals surface area contributed by atoms with Gasteiger partial charge < -0.3 is 10.2 Å². The number of anilines is 1. The van der Waals surface area contributed by atoms with Crippen molar-refractivity contribution >= 4 is 39.1 Å². The van der Waals surface area contributed by atoms with E-state index in [-0.39, 0.29) is 12.5 Å². The lowest BCUT2D eigenvalue weighted by atomic mass is 10.1. The van der Waals surface area contributed by atoms with Crippen molar-refractivity contribution in [3.8, 4) is 0 Å². The first kappa shape index (κ1) is 25.7. The van der Waals surface area contributed by atoms with Crippen molar-refractivity contribution in [3.63, 3.8) is 0 Å². The summed E-state index contributed by atoms with van der Waals surface area (Å²) in [5.41, 5.74) is 2.03. The van der Waals surface area contributed by atoms with Gasteiger partial charge in [0.05, 0.1) is 11.9 Å². The van der Waals surface area contributed by atoms with E-state index in [4.69, 9.17) is 11.6 Å². The summed E-state index contributed by atoms with van der Waals surface area (Å²) in [6.07, 6.45) is 1.42. The Kier molecular flexibility index (Phi) is 9.09. The molecule has 0 heterocycles. The maximum atomic E-state index is 13.5. The van der Waals surface area contributed by atoms with Crippen molar-refractivity contribution < 1.29 is 18.0 Å². The molecule has 0 aliphatic rings. The number of likely N-dealkylation sites (N-methyl/N-ethyl adjacent to an activating group) is 1. The Morgan fingerprint density at radius 1 is 1.06 bits per heavy atom. The molecule has 2 aromatic carbocycles. The lowest BCUT2D eigenvalue weighted by molar-refractivity contribution is -0.140. The normalized spacial score (nSPS) is 12.2. The number of carbonyl (C=O) groups excluding carboxylic acids is 2. The summed E-state index contributed by atoms with van der Waals surface area (Å²) in [5.74, 6) is -0.786. The quantitative estimate of drug-likeness (QED) is 0.566. The van der Waals surface area contributed by atoms with Gasteiger partial charge in [-0.1, -0.05) is 54.4 Å². The first-order chi connectivity index (χ1) is 15.1. The molecule has 32 heavy (non-hydrogen) atoms. The summed E-state index contributed by atoms with van der Waals surface area (Å²) in [4.78, 5) is 27.6. The second kappa shape index (κ2) is 11.3. The maximum absolute atomic E-state index is 13.5. The lowest BCUT2D eigenvalue weighted by Crippen LogP contribution is -2.52. The van der Waals surface area contributed by atoms with E-state index in [0.717, 1.165) is 16.1 Å². The standard InChI is InChI=1S/C23H30ClN3O4S/c1-5-21(23(29)25-6-2)26(15-18-9-7-8-10-20(18)24)22(28)16-27(32(4,30)31)19-13-11-17(3)12-14-19/h7-14,21H,5-6,15-16H2,1-4H3,(H,25,29)/t21-/m1/s1. The molecule has 7 nitrogen and oxygen atoms in total. The number of hydrogen-bond acceptors (Lipinski definition) is 4. The summed E-state index contributed by atoms with van der Waals surface area (Å²) in [5, 5.41) is 3.22. The molecule has 0 aromatic heterocycles. The minimum absolute atomic E-state index is 0.0830. The first-order valence-electron chi connectivity index (χ1n) is 10.4. The highest BCUT2D eigenvalue weighted by Gasteiger charge is 2.31. The molecule has 2 aromatic rings. The van der Waals surface area contributed by atoms with Gasteiger partial charge in [-0.15, -0.1) is 0 Å². The minimum Gasteiger partial charge on any atom is -0.355 e. The molecule has 0 saturated carbocycles. The molecule has 1 N–H and O–H groups in total. The Morgan fingerprint density at radius 2 is 1.69 bits per heavy atom. The number of nitrogens with one attached hydrogen (secondary N) is 1. The number of benzene rings is 2. The summed E-state index contributed by atoms with van der Waals surface area (Å²) < 4.78 is 26.1. The van der Waals surface area contributed by atoms with Crippen molar-refractivity contribution in [1.82, 2.24) is 10.2 Å². The third-order valence-electron chi connectivity index (χ3n) is 5.04. The van der Waals surface area contributed by atoms with Crippen LogP contribution in [0.4, 0.5) is 5.69 Å². The van der Waals surface area contributed by atoms with E-state index in [1.54, 1.807) is 62.4 Å². The van der Waals surface area contributed by atoms with Crippen molar-refractivity contribution in [2.24, 2.45) is 0 Å². The van der Waals surface area contributed by atoms with Crippen LogP contribution in [0, 0.1) is 6.92 Å².